The number of benzene rings is 1. The fraction of sp³-hybridized carbons (Fsp3) is 0.273. The van der Waals surface area contributed by atoms with E-state index in [1.807, 2.05) is 0 Å². The van der Waals surface area contributed by atoms with Crippen molar-refractivity contribution in [1.82, 2.24) is 0 Å². The monoisotopic (exact) mass is 225 g/mol. The molecule has 0 radical (unpaired) electrons. The fourth-order valence-electron chi connectivity index (χ4n) is 1.24. The summed E-state index contributed by atoms with van der Waals surface area (Å²) in [5.41, 5.74) is 0.466. The van der Waals surface area contributed by atoms with Crippen LogP contribution in [0.1, 0.15) is 23.7 Å². The summed E-state index contributed by atoms with van der Waals surface area (Å²) in [5.74, 6) is -2.00. The van der Waals surface area contributed by atoms with E-state index in [0.717, 1.165) is 0 Å². The van der Waals surface area contributed by atoms with Crippen molar-refractivity contribution in [2.75, 3.05) is 0 Å². The average Bonchev–Trinajstić information content (AvgIpc) is 2.17. The third kappa shape index (κ3) is 3.36. The molecule has 0 bridgehead atoms. The molecule has 0 fully saturated rings. The minimum absolute atomic E-state index is 0.212. The molecule has 4 heteroatoms. The standard InChI is InChI=1S/C11H11ClO3/c1-7(6-10(13)14)11(15)8-2-4-9(12)5-3-8/h2-5,7H,6H2,1H3,(H,13,14)/p-1/t7-/m0/s1. The Hall–Kier alpha value is -1.35. The Morgan fingerprint density at radius 1 is 1.33 bits per heavy atom. The van der Waals surface area contributed by atoms with E-state index >= 15 is 0 Å². The molecule has 0 aliphatic rings. The first-order chi connectivity index (χ1) is 7.00. The van der Waals surface area contributed by atoms with E-state index in [-0.39, 0.29) is 12.2 Å². The van der Waals surface area contributed by atoms with Crippen LogP contribution in [0.2, 0.25) is 5.02 Å². The molecule has 0 N–H and O–H groups in total. The van der Waals surface area contributed by atoms with Gasteiger partial charge in [0.25, 0.3) is 0 Å². The van der Waals surface area contributed by atoms with Crippen LogP contribution in [0, 0.1) is 5.92 Å². The number of hydrogen-bond acceptors (Lipinski definition) is 3. The largest absolute Gasteiger partial charge is 0.550 e. The Morgan fingerprint density at radius 2 is 1.87 bits per heavy atom. The summed E-state index contributed by atoms with van der Waals surface area (Å²) in [7, 11) is 0. The summed E-state index contributed by atoms with van der Waals surface area (Å²) >= 11 is 5.66. The van der Waals surface area contributed by atoms with Crippen LogP contribution in [0.3, 0.4) is 0 Å². The van der Waals surface area contributed by atoms with Crippen LogP contribution in [0.15, 0.2) is 24.3 Å². The molecule has 0 aromatic heterocycles. The van der Waals surface area contributed by atoms with Gasteiger partial charge in [-0.25, -0.2) is 0 Å². The van der Waals surface area contributed by atoms with Crippen LogP contribution in [0.4, 0.5) is 0 Å². The minimum Gasteiger partial charge on any atom is -0.550 e. The molecular weight excluding hydrogens is 216 g/mol. The number of Topliss-reactive ketones (excluding diaryl/α,β-unsaturated/α-hetero) is 1. The van der Waals surface area contributed by atoms with Crippen LogP contribution in [0.5, 0.6) is 0 Å². The molecule has 1 aromatic carbocycles. The second kappa shape index (κ2) is 4.94. The smallest absolute Gasteiger partial charge is 0.166 e. The molecule has 0 saturated heterocycles. The van der Waals surface area contributed by atoms with Gasteiger partial charge in [-0.15, -0.1) is 0 Å². The van der Waals surface area contributed by atoms with E-state index in [1.165, 1.54) is 0 Å². The van der Waals surface area contributed by atoms with E-state index in [4.69, 9.17) is 11.6 Å². The topological polar surface area (TPSA) is 57.2 Å². The third-order valence-corrected chi connectivity index (χ3v) is 2.30. The second-order valence-electron chi connectivity index (χ2n) is 3.35. The van der Waals surface area contributed by atoms with Crippen molar-refractivity contribution in [3.63, 3.8) is 0 Å². The predicted octanol–water partition coefficient (Wildman–Crippen LogP) is 1.30. The predicted molar refractivity (Wildman–Crippen MR) is 54.6 cm³/mol. The van der Waals surface area contributed by atoms with Crippen LogP contribution < -0.4 is 5.11 Å². The van der Waals surface area contributed by atoms with Gasteiger partial charge in [-0.3, -0.25) is 4.79 Å². The maximum atomic E-state index is 11.7. The molecule has 0 aliphatic heterocycles. The van der Waals surface area contributed by atoms with E-state index < -0.39 is 11.9 Å². The Kier molecular flexibility index (Phi) is 3.86. The highest BCUT2D eigenvalue weighted by Crippen LogP contribution is 2.14. The average molecular weight is 226 g/mol. The molecule has 0 saturated carbocycles. The lowest BCUT2D eigenvalue weighted by molar-refractivity contribution is -0.306. The molecule has 3 nitrogen and oxygen atoms in total. The number of ketones is 1. The molecule has 1 rings (SSSR count). The van der Waals surface area contributed by atoms with Crippen LogP contribution in [-0.2, 0) is 4.79 Å². The van der Waals surface area contributed by atoms with Gasteiger partial charge < -0.3 is 9.90 Å². The van der Waals surface area contributed by atoms with Crippen LogP contribution >= 0.6 is 11.6 Å². The van der Waals surface area contributed by atoms with Crippen molar-refractivity contribution in [3.05, 3.63) is 34.9 Å². The van der Waals surface area contributed by atoms with Gasteiger partial charge >= 0.3 is 0 Å². The zero-order valence-corrected chi connectivity index (χ0v) is 8.95. The van der Waals surface area contributed by atoms with Gasteiger partial charge in [-0.05, 0) is 30.7 Å². The van der Waals surface area contributed by atoms with E-state index in [9.17, 15) is 14.7 Å². The summed E-state index contributed by atoms with van der Waals surface area (Å²) in [5, 5.41) is 10.9. The molecule has 0 amide bonds. The number of hydrogen-bond donors (Lipinski definition) is 0. The quantitative estimate of drug-likeness (QED) is 0.726. The summed E-state index contributed by atoms with van der Waals surface area (Å²) < 4.78 is 0. The molecule has 0 heterocycles. The lowest BCUT2D eigenvalue weighted by Crippen LogP contribution is -2.27. The molecule has 15 heavy (non-hydrogen) atoms. The van der Waals surface area contributed by atoms with E-state index in [2.05, 4.69) is 0 Å². The minimum atomic E-state index is -1.22. The highest BCUT2D eigenvalue weighted by atomic mass is 35.5. The number of halogens is 1. The van der Waals surface area contributed by atoms with Gasteiger partial charge in [0, 0.05) is 22.5 Å². The Balaban J connectivity index is 2.76. The van der Waals surface area contributed by atoms with Crippen LogP contribution in [-0.4, -0.2) is 11.8 Å². The Labute approximate surface area is 92.7 Å². The molecule has 1 aromatic rings. The fourth-order valence-corrected chi connectivity index (χ4v) is 1.37. The van der Waals surface area contributed by atoms with Gasteiger partial charge in [0.05, 0.1) is 0 Å². The van der Waals surface area contributed by atoms with Crippen LogP contribution in [0.25, 0.3) is 0 Å². The SMILES string of the molecule is C[C@@H](CC(=O)[O-])C(=O)c1ccc(Cl)cc1. The first kappa shape index (κ1) is 11.7. The normalized spacial score (nSPS) is 12.1. The second-order valence-corrected chi connectivity index (χ2v) is 3.78. The summed E-state index contributed by atoms with van der Waals surface area (Å²) in [6.07, 6.45) is -0.262. The lowest BCUT2D eigenvalue weighted by Gasteiger charge is -2.10. The molecular formula is C11H10ClO3-. The van der Waals surface area contributed by atoms with E-state index in [0.29, 0.717) is 10.6 Å². The number of carboxylic acid groups (broad SMARTS) is 1. The first-order valence-electron chi connectivity index (χ1n) is 4.50. The van der Waals surface area contributed by atoms with Gasteiger partial charge in [-0.2, -0.15) is 0 Å². The van der Waals surface area contributed by atoms with Gasteiger partial charge in [0.1, 0.15) is 0 Å². The molecule has 1 atom stereocenters. The third-order valence-electron chi connectivity index (χ3n) is 2.05. The van der Waals surface area contributed by atoms with Crippen molar-refractivity contribution in [2.45, 2.75) is 13.3 Å². The summed E-state index contributed by atoms with van der Waals surface area (Å²) in [6.45, 7) is 1.56. The maximum absolute atomic E-state index is 11.7. The molecule has 80 valence electrons. The highest BCUT2D eigenvalue weighted by molar-refractivity contribution is 6.30. The number of aliphatic carboxylic acids is 1. The number of rotatable bonds is 4. The van der Waals surface area contributed by atoms with E-state index in [1.54, 1.807) is 31.2 Å². The lowest BCUT2D eigenvalue weighted by atomic mass is 9.97. The molecule has 0 spiro atoms. The Bertz CT molecular complexity index is 370. The highest BCUT2D eigenvalue weighted by Gasteiger charge is 2.14. The van der Waals surface area contributed by atoms with Crippen molar-refractivity contribution in [3.8, 4) is 0 Å². The maximum Gasteiger partial charge on any atom is 0.166 e. The van der Waals surface area contributed by atoms with Crippen molar-refractivity contribution in [2.24, 2.45) is 5.92 Å². The zero-order valence-electron chi connectivity index (χ0n) is 8.20. The van der Waals surface area contributed by atoms with Crippen molar-refractivity contribution < 1.29 is 14.7 Å². The van der Waals surface area contributed by atoms with Gasteiger partial charge in [-0.1, -0.05) is 18.5 Å². The number of carbonyl (C=O) groups is 2. The number of carbonyl (C=O) groups excluding carboxylic acids is 2. The van der Waals surface area contributed by atoms with Gasteiger partial charge in [0.15, 0.2) is 5.78 Å². The molecule has 0 unspecified atom stereocenters. The number of carboxylic acids is 1. The summed E-state index contributed by atoms with van der Waals surface area (Å²) in [4.78, 5) is 22.0. The van der Waals surface area contributed by atoms with Gasteiger partial charge in [0.2, 0.25) is 0 Å². The zero-order chi connectivity index (χ0) is 11.4. The molecule has 0 aliphatic carbocycles. The van der Waals surface area contributed by atoms with Crippen molar-refractivity contribution in [1.29, 1.82) is 0 Å². The Morgan fingerprint density at radius 3 is 2.33 bits per heavy atom. The summed E-state index contributed by atoms with van der Waals surface area (Å²) in [6, 6.07) is 6.36. The van der Waals surface area contributed by atoms with Crippen molar-refractivity contribution >= 4 is 23.4 Å². The first-order valence-corrected chi connectivity index (χ1v) is 4.88.